The second kappa shape index (κ2) is 6.85. The van der Waals surface area contributed by atoms with Crippen molar-refractivity contribution in [3.63, 3.8) is 0 Å². The Kier molecular flexibility index (Phi) is 5.13. The molecule has 0 spiro atoms. The second-order valence-corrected chi connectivity index (χ2v) is 6.05. The van der Waals surface area contributed by atoms with Gasteiger partial charge in [0.25, 0.3) is 0 Å². The van der Waals surface area contributed by atoms with Crippen LogP contribution in [0.2, 0.25) is 0 Å². The molecule has 2 N–H and O–H groups in total. The van der Waals surface area contributed by atoms with Crippen LogP contribution >= 0.6 is 21.6 Å². The SMILES string of the molecule is OCc1ccc(SSc2ccc(CO)cc2)cc1. The molecule has 2 nitrogen and oxygen atoms in total. The summed E-state index contributed by atoms with van der Waals surface area (Å²) in [6, 6.07) is 15.7. The number of rotatable bonds is 5. The molecule has 0 unspecified atom stereocenters. The van der Waals surface area contributed by atoms with Gasteiger partial charge in [0.1, 0.15) is 0 Å². The quantitative estimate of drug-likeness (QED) is 0.822. The first-order valence-corrected chi connectivity index (χ1v) is 7.71. The molecule has 18 heavy (non-hydrogen) atoms. The van der Waals surface area contributed by atoms with E-state index >= 15 is 0 Å². The minimum absolute atomic E-state index is 0.0840. The third-order valence-corrected chi connectivity index (χ3v) is 4.86. The molecule has 0 heterocycles. The van der Waals surface area contributed by atoms with Gasteiger partial charge < -0.3 is 10.2 Å². The van der Waals surface area contributed by atoms with E-state index in [0.717, 1.165) is 20.9 Å². The Bertz CT molecular complexity index is 433. The van der Waals surface area contributed by atoms with Gasteiger partial charge in [-0.3, -0.25) is 0 Å². The fraction of sp³-hybridized carbons (Fsp3) is 0.143. The molecule has 2 aromatic rings. The Labute approximate surface area is 114 Å². The predicted molar refractivity (Wildman–Crippen MR) is 76.4 cm³/mol. The van der Waals surface area contributed by atoms with Crippen LogP contribution in [0.3, 0.4) is 0 Å². The van der Waals surface area contributed by atoms with E-state index in [4.69, 9.17) is 10.2 Å². The highest BCUT2D eigenvalue weighted by molar-refractivity contribution is 8.76. The van der Waals surface area contributed by atoms with Crippen LogP contribution in [0, 0.1) is 0 Å². The fourth-order valence-electron chi connectivity index (χ4n) is 1.40. The van der Waals surface area contributed by atoms with E-state index in [1.807, 2.05) is 48.5 Å². The van der Waals surface area contributed by atoms with Crippen LogP contribution in [0.25, 0.3) is 0 Å². The summed E-state index contributed by atoms with van der Waals surface area (Å²) in [4.78, 5) is 2.31. The second-order valence-electron chi connectivity index (χ2n) is 3.77. The molecule has 0 amide bonds. The van der Waals surface area contributed by atoms with Crippen LogP contribution in [-0.4, -0.2) is 10.2 Å². The summed E-state index contributed by atoms with van der Waals surface area (Å²) in [5, 5.41) is 17.9. The third kappa shape index (κ3) is 3.78. The van der Waals surface area contributed by atoms with Crippen LogP contribution in [0.4, 0.5) is 0 Å². The lowest BCUT2D eigenvalue weighted by Crippen LogP contribution is -1.81. The molecule has 0 radical (unpaired) electrons. The Morgan fingerprint density at radius 2 is 0.944 bits per heavy atom. The van der Waals surface area contributed by atoms with E-state index < -0.39 is 0 Å². The minimum Gasteiger partial charge on any atom is -0.392 e. The van der Waals surface area contributed by atoms with E-state index in [2.05, 4.69) is 0 Å². The lowest BCUT2D eigenvalue weighted by Gasteiger charge is -2.03. The van der Waals surface area contributed by atoms with Gasteiger partial charge in [0.05, 0.1) is 13.2 Å². The molecular weight excluding hydrogens is 264 g/mol. The van der Waals surface area contributed by atoms with Gasteiger partial charge in [-0.25, -0.2) is 0 Å². The number of benzene rings is 2. The van der Waals surface area contributed by atoms with Gasteiger partial charge in [-0.2, -0.15) is 0 Å². The van der Waals surface area contributed by atoms with Crippen molar-refractivity contribution >= 4 is 21.6 Å². The van der Waals surface area contributed by atoms with Crippen molar-refractivity contribution in [2.45, 2.75) is 23.0 Å². The maximum atomic E-state index is 8.95. The highest BCUT2D eigenvalue weighted by Gasteiger charge is 1.98. The molecule has 4 heteroatoms. The smallest absolute Gasteiger partial charge is 0.0681 e. The minimum atomic E-state index is 0.0840. The zero-order valence-electron chi connectivity index (χ0n) is 9.74. The number of hydrogen-bond acceptors (Lipinski definition) is 4. The summed E-state index contributed by atoms with van der Waals surface area (Å²) < 4.78 is 0. The molecular formula is C14H14O2S2. The summed E-state index contributed by atoms with van der Waals surface area (Å²) >= 11 is 0. The first kappa shape index (κ1) is 13.5. The van der Waals surface area contributed by atoms with Crippen molar-refractivity contribution in [2.75, 3.05) is 0 Å². The maximum absolute atomic E-state index is 8.95. The molecule has 0 aliphatic rings. The highest BCUT2D eigenvalue weighted by atomic mass is 33.1. The van der Waals surface area contributed by atoms with Crippen molar-refractivity contribution in [3.8, 4) is 0 Å². The molecule has 0 aliphatic heterocycles. The zero-order chi connectivity index (χ0) is 12.8. The summed E-state index contributed by atoms with van der Waals surface area (Å²) in [6.07, 6.45) is 0. The van der Waals surface area contributed by atoms with E-state index in [-0.39, 0.29) is 13.2 Å². The van der Waals surface area contributed by atoms with Crippen molar-refractivity contribution in [2.24, 2.45) is 0 Å². The molecule has 2 aromatic carbocycles. The van der Waals surface area contributed by atoms with Crippen LogP contribution in [0.15, 0.2) is 58.3 Å². The van der Waals surface area contributed by atoms with Crippen molar-refractivity contribution < 1.29 is 10.2 Å². The highest BCUT2D eigenvalue weighted by Crippen LogP contribution is 2.37. The molecule has 0 saturated heterocycles. The molecule has 0 atom stereocenters. The third-order valence-electron chi connectivity index (χ3n) is 2.45. The molecule has 0 aromatic heterocycles. The van der Waals surface area contributed by atoms with Gasteiger partial charge >= 0.3 is 0 Å². The monoisotopic (exact) mass is 278 g/mol. The van der Waals surface area contributed by atoms with Crippen molar-refractivity contribution in [3.05, 3.63) is 59.7 Å². The Hall–Kier alpha value is -0.940. The van der Waals surface area contributed by atoms with Gasteiger partial charge in [0.15, 0.2) is 0 Å². The number of aliphatic hydroxyl groups excluding tert-OH is 2. The summed E-state index contributed by atoms with van der Waals surface area (Å²) in [5.74, 6) is 0. The van der Waals surface area contributed by atoms with Crippen molar-refractivity contribution in [1.29, 1.82) is 0 Å². The van der Waals surface area contributed by atoms with Gasteiger partial charge in [0.2, 0.25) is 0 Å². The molecule has 94 valence electrons. The van der Waals surface area contributed by atoms with Crippen LogP contribution in [-0.2, 0) is 13.2 Å². The van der Waals surface area contributed by atoms with Gasteiger partial charge in [-0.1, -0.05) is 45.9 Å². The van der Waals surface area contributed by atoms with Gasteiger partial charge in [-0.05, 0) is 35.4 Å². The van der Waals surface area contributed by atoms with Crippen LogP contribution < -0.4 is 0 Å². The standard InChI is InChI=1S/C14H14O2S2/c15-9-11-1-5-13(6-2-11)17-18-14-7-3-12(10-16)4-8-14/h1-8,15-16H,9-10H2. The Morgan fingerprint density at radius 3 is 1.22 bits per heavy atom. The lowest BCUT2D eigenvalue weighted by molar-refractivity contribution is 0.281. The summed E-state index contributed by atoms with van der Waals surface area (Å²) in [6.45, 7) is 0.168. The van der Waals surface area contributed by atoms with E-state index in [1.165, 1.54) is 0 Å². The molecule has 2 rings (SSSR count). The lowest BCUT2D eigenvalue weighted by atomic mass is 10.2. The fourth-order valence-corrected chi connectivity index (χ4v) is 3.33. The van der Waals surface area contributed by atoms with E-state index in [1.54, 1.807) is 21.6 Å². The van der Waals surface area contributed by atoms with Crippen LogP contribution in [0.5, 0.6) is 0 Å². The largest absolute Gasteiger partial charge is 0.392 e. The summed E-state index contributed by atoms with van der Waals surface area (Å²) in [7, 11) is 3.36. The zero-order valence-corrected chi connectivity index (χ0v) is 11.4. The Balaban J connectivity index is 1.93. The topological polar surface area (TPSA) is 40.5 Å². The Morgan fingerprint density at radius 1 is 0.611 bits per heavy atom. The molecule has 0 fully saturated rings. The van der Waals surface area contributed by atoms with Gasteiger partial charge in [-0.15, -0.1) is 0 Å². The van der Waals surface area contributed by atoms with Crippen molar-refractivity contribution in [1.82, 2.24) is 0 Å². The van der Waals surface area contributed by atoms with Crippen LogP contribution in [0.1, 0.15) is 11.1 Å². The summed E-state index contributed by atoms with van der Waals surface area (Å²) in [5.41, 5.74) is 1.85. The number of hydrogen-bond donors (Lipinski definition) is 2. The average Bonchev–Trinajstić information content (AvgIpc) is 2.46. The first-order chi connectivity index (χ1) is 8.81. The molecule has 0 bridgehead atoms. The van der Waals surface area contributed by atoms with E-state index in [9.17, 15) is 0 Å². The van der Waals surface area contributed by atoms with Gasteiger partial charge in [0, 0.05) is 9.79 Å². The average molecular weight is 278 g/mol. The normalized spacial score (nSPS) is 10.6. The van der Waals surface area contributed by atoms with E-state index in [0.29, 0.717) is 0 Å². The maximum Gasteiger partial charge on any atom is 0.0681 e. The molecule has 0 saturated carbocycles. The molecule has 0 aliphatic carbocycles. The number of aliphatic hydroxyl groups is 2. The predicted octanol–water partition coefficient (Wildman–Crippen LogP) is 3.47. The first-order valence-electron chi connectivity index (χ1n) is 5.56.